The smallest absolute Gasteiger partial charge is 0.159 e. The molecule has 0 atom stereocenters. The summed E-state index contributed by atoms with van der Waals surface area (Å²) in [6.07, 6.45) is 26.9. The van der Waals surface area contributed by atoms with E-state index >= 15 is 0 Å². The highest BCUT2D eigenvalue weighted by Gasteiger charge is 2.20. The van der Waals surface area contributed by atoms with Crippen LogP contribution in [0.25, 0.3) is 11.4 Å². The zero-order chi connectivity index (χ0) is 24.6. The van der Waals surface area contributed by atoms with Gasteiger partial charge in [0.05, 0.1) is 6.61 Å². The minimum Gasteiger partial charge on any atom is -0.494 e. The average molecular weight is 479 g/mol. The van der Waals surface area contributed by atoms with Crippen LogP contribution >= 0.6 is 0 Å². The van der Waals surface area contributed by atoms with E-state index in [1.165, 1.54) is 102 Å². The van der Waals surface area contributed by atoms with Crippen molar-refractivity contribution in [2.75, 3.05) is 6.61 Å². The first-order valence-electron chi connectivity index (χ1n) is 14.8. The molecule has 1 aromatic heterocycles. The van der Waals surface area contributed by atoms with E-state index in [0.717, 1.165) is 48.4 Å². The first-order chi connectivity index (χ1) is 17.3. The van der Waals surface area contributed by atoms with Crippen LogP contribution in [-0.2, 0) is 6.42 Å². The van der Waals surface area contributed by atoms with E-state index in [0.29, 0.717) is 0 Å². The van der Waals surface area contributed by atoms with Crippen molar-refractivity contribution >= 4 is 0 Å². The van der Waals surface area contributed by atoms with E-state index in [1.54, 1.807) is 0 Å². The van der Waals surface area contributed by atoms with E-state index in [9.17, 15) is 0 Å². The summed E-state index contributed by atoms with van der Waals surface area (Å²) >= 11 is 0. The zero-order valence-corrected chi connectivity index (χ0v) is 22.6. The Balaban J connectivity index is 1.29. The molecule has 2 aromatic rings. The topological polar surface area (TPSA) is 35.0 Å². The van der Waals surface area contributed by atoms with Crippen molar-refractivity contribution in [3.05, 3.63) is 42.2 Å². The van der Waals surface area contributed by atoms with Crippen LogP contribution in [0.1, 0.15) is 122 Å². The van der Waals surface area contributed by atoms with Crippen molar-refractivity contribution in [2.45, 2.75) is 123 Å². The molecule has 0 spiro atoms. The van der Waals surface area contributed by atoms with Gasteiger partial charge in [-0.15, -0.1) is 0 Å². The van der Waals surface area contributed by atoms with Gasteiger partial charge in [-0.3, -0.25) is 0 Å². The normalized spacial score (nSPS) is 18.0. The van der Waals surface area contributed by atoms with E-state index in [2.05, 4.69) is 48.1 Å². The SMILES string of the molecule is CCCCCCCCc1cnc(-c2ccc(OCCC[C@H]3CC[C@H](CCCCC)CC3)cc2)nc1. The number of nitrogens with zero attached hydrogens (tertiary/aromatic N) is 2. The minimum absolute atomic E-state index is 0.800. The fraction of sp³-hybridized carbons (Fsp3) is 0.688. The molecule has 0 amide bonds. The van der Waals surface area contributed by atoms with Gasteiger partial charge in [0.1, 0.15) is 5.75 Å². The Morgan fingerprint density at radius 3 is 1.91 bits per heavy atom. The molecule has 3 heteroatoms. The molecule has 0 aliphatic heterocycles. The van der Waals surface area contributed by atoms with Crippen LogP contribution in [0.2, 0.25) is 0 Å². The van der Waals surface area contributed by atoms with Crippen LogP contribution in [0.5, 0.6) is 5.75 Å². The highest BCUT2D eigenvalue weighted by atomic mass is 16.5. The quantitative estimate of drug-likeness (QED) is 0.212. The zero-order valence-electron chi connectivity index (χ0n) is 22.6. The number of aryl methyl sites for hydroxylation is 1. The van der Waals surface area contributed by atoms with Crippen LogP contribution in [-0.4, -0.2) is 16.6 Å². The Kier molecular flexibility index (Phi) is 13.2. The third-order valence-corrected chi connectivity index (χ3v) is 7.84. The van der Waals surface area contributed by atoms with Gasteiger partial charge in [-0.2, -0.15) is 0 Å². The number of ether oxygens (including phenoxy) is 1. The predicted octanol–water partition coefficient (Wildman–Crippen LogP) is 9.59. The number of hydrogen-bond donors (Lipinski definition) is 0. The lowest BCUT2D eigenvalue weighted by atomic mass is 9.78. The first kappa shape index (κ1) is 27.7. The van der Waals surface area contributed by atoms with Crippen LogP contribution in [0.3, 0.4) is 0 Å². The van der Waals surface area contributed by atoms with Gasteiger partial charge in [-0.1, -0.05) is 97.3 Å². The monoisotopic (exact) mass is 478 g/mol. The Labute approximate surface area is 215 Å². The van der Waals surface area contributed by atoms with E-state index in [-0.39, 0.29) is 0 Å². The van der Waals surface area contributed by atoms with Gasteiger partial charge >= 0.3 is 0 Å². The lowest BCUT2D eigenvalue weighted by molar-refractivity contribution is 0.228. The molecule has 3 nitrogen and oxygen atoms in total. The van der Waals surface area contributed by atoms with E-state index in [1.807, 2.05) is 12.4 Å². The van der Waals surface area contributed by atoms with Crippen LogP contribution in [0.4, 0.5) is 0 Å². The van der Waals surface area contributed by atoms with Gasteiger partial charge in [-0.05, 0) is 67.3 Å². The van der Waals surface area contributed by atoms with Gasteiger partial charge in [0.15, 0.2) is 5.82 Å². The van der Waals surface area contributed by atoms with Gasteiger partial charge in [0.2, 0.25) is 0 Å². The second-order valence-corrected chi connectivity index (χ2v) is 10.8. The summed E-state index contributed by atoms with van der Waals surface area (Å²) in [6, 6.07) is 8.28. The van der Waals surface area contributed by atoms with Crippen molar-refractivity contribution in [3.8, 4) is 17.1 Å². The fourth-order valence-corrected chi connectivity index (χ4v) is 5.50. The number of hydrogen-bond acceptors (Lipinski definition) is 3. The molecule has 1 fully saturated rings. The molecule has 35 heavy (non-hydrogen) atoms. The maximum atomic E-state index is 6.03. The Morgan fingerprint density at radius 2 is 1.26 bits per heavy atom. The summed E-state index contributed by atoms with van der Waals surface area (Å²) in [6.45, 7) is 5.39. The fourth-order valence-electron chi connectivity index (χ4n) is 5.50. The Hall–Kier alpha value is -1.90. The number of benzene rings is 1. The molecule has 1 aliphatic rings. The number of aromatic nitrogens is 2. The molecule has 0 unspecified atom stereocenters. The first-order valence-corrected chi connectivity index (χ1v) is 14.8. The van der Waals surface area contributed by atoms with Crippen molar-refractivity contribution in [1.82, 2.24) is 9.97 Å². The minimum atomic E-state index is 0.800. The third kappa shape index (κ3) is 10.7. The molecule has 1 aromatic carbocycles. The highest BCUT2D eigenvalue weighted by Crippen LogP contribution is 2.34. The highest BCUT2D eigenvalue weighted by molar-refractivity contribution is 5.55. The predicted molar refractivity (Wildman–Crippen MR) is 149 cm³/mol. The van der Waals surface area contributed by atoms with E-state index in [4.69, 9.17) is 4.74 Å². The third-order valence-electron chi connectivity index (χ3n) is 7.84. The van der Waals surface area contributed by atoms with Crippen molar-refractivity contribution in [1.29, 1.82) is 0 Å². The molecule has 3 rings (SSSR count). The molecule has 1 heterocycles. The second-order valence-electron chi connectivity index (χ2n) is 10.8. The van der Waals surface area contributed by atoms with Gasteiger partial charge in [0, 0.05) is 18.0 Å². The van der Waals surface area contributed by atoms with Crippen molar-refractivity contribution in [3.63, 3.8) is 0 Å². The molecule has 0 saturated heterocycles. The van der Waals surface area contributed by atoms with Gasteiger partial charge in [-0.25, -0.2) is 9.97 Å². The molecule has 0 N–H and O–H groups in total. The summed E-state index contributed by atoms with van der Waals surface area (Å²) < 4.78 is 6.03. The van der Waals surface area contributed by atoms with Crippen LogP contribution < -0.4 is 4.74 Å². The second kappa shape index (κ2) is 16.7. The number of unbranched alkanes of at least 4 members (excludes halogenated alkanes) is 7. The van der Waals surface area contributed by atoms with Crippen LogP contribution in [0.15, 0.2) is 36.7 Å². The summed E-state index contributed by atoms with van der Waals surface area (Å²) in [5.74, 6) is 3.68. The molecule has 1 aliphatic carbocycles. The average Bonchev–Trinajstić information content (AvgIpc) is 2.90. The van der Waals surface area contributed by atoms with Crippen molar-refractivity contribution < 1.29 is 4.74 Å². The lowest BCUT2D eigenvalue weighted by Crippen LogP contribution is -2.15. The Bertz CT molecular complexity index is 778. The molecule has 0 bridgehead atoms. The molecule has 194 valence electrons. The van der Waals surface area contributed by atoms with E-state index < -0.39 is 0 Å². The molecule has 1 saturated carbocycles. The van der Waals surface area contributed by atoms with Crippen molar-refractivity contribution in [2.24, 2.45) is 11.8 Å². The lowest BCUT2D eigenvalue weighted by Gasteiger charge is -2.28. The summed E-state index contributed by atoms with van der Waals surface area (Å²) in [4.78, 5) is 9.22. The summed E-state index contributed by atoms with van der Waals surface area (Å²) in [5.41, 5.74) is 2.30. The maximum Gasteiger partial charge on any atom is 0.159 e. The Morgan fingerprint density at radius 1 is 0.686 bits per heavy atom. The standard InChI is InChI=1S/C32H50N2O/c1-3-5-7-8-9-11-14-29-25-33-32(34-26-29)30-20-22-31(23-21-30)35-24-12-15-28-18-16-27(17-19-28)13-10-6-4-2/h20-23,25-28H,3-19,24H2,1-2H3/t27-,28-. The van der Waals surface area contributed by atoms with Gasteiger partial charge < -0.3 is 4.74 Å². The largest absolute Gasteiger partial charge is 0.494 e. The molecular weight excluding hydrogens is 428 g/mol. The van der Waals surface area contributed by atoms with Gasteiger partial charge in [0.25, 0.3) is 0 Å². The number of rotatable bonds is 17. The molecular formula is C32H50N2O. The van der Waals surface area contributed by atoms with Crippen LogP contribution in [0, 0.1) is 11.8 Å². The maximum absolute atomic E-state index is 6.03. The molecule has 0 radical (unpaired) electrons. The summed E-state index contributed by atoms with van der Waals surface area (Å²) in [5, 5.41) is 0. The summed E-state index contributed by atoms with van der Waals surface area (Å²) in [7, 11) is 0.